The molecule has 1 aliphatic carbocycles. The molecule has 4 nitrogen and oxygen atoms in total. The SMILES string of the molecule is Cc1ccc(CNC(=O)N(CCO)C2CCc3ccccc32)cc1. The summed E-state index contributed by atoms with van der Waals surface area (Å²) in [5, 5.41) is 12.4. The minimum absolute atomic E-state index is 0.0311. The lowest BCUT2D eigenvalue weighted by Gasteiger charge is -2.29. The molecule has 0 heterocycles. The molecular weight excluding hydrogens is 300 g/mol. The molecule has 2 aromatic rings. The second-order valence-electron chi connectivity index (χ2n) is 6.31. The number of aliphatic hydroxyl groups is 1. The highest BCUT2D eigenvalue weighted by atomic mass is 16.3. The maximum atomic E-state index is 12.7. The molecule has 2 aromatic carbocycles. The van der Waals surface area contributed by atoms with Crippen molar-refractivity contribution in [2.75, 3.05) is 13.2 Å². The normalized spacial score (nSPS) is 15.8. The van der Waals surface area contributed by atoms with Crippen molar-refractivity contribution in [3.05, 3.63) is 70.8 Å². The van der Waals surface area contributed by atoms with Crippen molar-refractivity contribution in [1.29, 1.82) is 0 Å². The molecule has 2 amide bonds. The number of aliphatic hydroxyl groups excluding tert-OH is 1. The fourth-order valence-electron chi connectivity index (χ4n) is 3.35. The molecule has 2 N–H and O–H groups in total. The van der Waals surface area contributed by atoms with Crippen molar-refractivity contribution in [1.82, 2.24) is 10.2 Å². The fourth-order valence-corrected chi connectivity index (χ4v) is 3.35. The van der Waals surface area contributed by atoms with E-state index in [1.54, 1.807) is 4.90 Å². The molecule has 0 spiro atoms. The molecule has 0 fully saturated rings. The Hall–Kier alpha value is -2.33. The summed E-state index contributed by atoms with van der Waals surface area (Å²) in [5.74, 6) is 0. The summed E-state index contributed by atoms with van der Waals surface area (Å²) < 4.78 is 0. The third-order valence-electron chi connectivity index (χ3n) is 4.64. The lowest BCUT2D eigenvalue weighted by molar-refractivity contribution is 0.151. The molecule has 4 heteroatoms. The first-order valence-corrected chi connectivity index (χ1v) is 8.47. The Balaban J connectivity index is 1.69. The molecule has 0 bridgehead atoms. The van der Waals surface area contributed by atoms with Crippen LogP contribution in [0.25, 0.3) is 0 Å². The zero-order valence-corrected chi connectivity index (χ0v) is 14.0. The molecule has 3 rings (SSSR count). The second-order valence-corrected chi connectivity index (χ2v) is 6.31. The highest BCUT2D eigenvalue weighted by Gasteiger charge is 2.30. The fraction of sp³-hybridized carbons (Fsp3) is 0.350. The average molecular weight is 324 g/mol. The van der Waals surface area contributed by atoms with Gasteiger partial charge >= 0.3 is 6.03 Å². The number of nitrogens with zero attached hydrogens (tertiary/aromatic N) is 1. The summed E-state index contributed by atoms with van der Waals surface area (Å²) in [4.78, 5) is 14.4. The van der Waals surface area contributed by atoms with Gasteiger partial charge in [-0.3, -0.25) is 0 Å². The lowest BCUT2D eigenvalue weighted by atomic mass is 10.1. The minimum Gasteiger partial charge on any atom is -0.395 e. The van der Waals surface area contributed by atoms with Gasteiger partial charge in [0.2, 0.25) is 0 Å². The smallest absolute Gasteiger partial charge is 0.318 e. The van der Waals surface area contributed by atoms with Crippen molar-refractivity contribution in [3.8, 4) is 0 Å². The number of fused-ring (bicyclic) bond motifs is 1. The Bertz CT molecular complexity index is 697. The molecule has 1 aliphatic rings. The van der Waals surface area contributed by atoms with Gasteiger partial charge in [0.25, 0.3) is 0 Å². The summed E-state index contributed by atoms with van der Waals surface area (Å²) in [6.45, 7) is 2.85. The van der Waals surface area contributed by atoms with E-state index in [-0.39, 0.29) is 18.7 Å². The van der Waals surface area contributed by atoms with Gasteiger partial charge in [-0.15, -0.1) is 0 Å². The van der Waals surface area contributed by atoms with Crippen molar-refractivity contribution in [2.24, 2.45) is 0 Å². The highest BCUT2D eigenvalue weighted by molar-refractivity contribution is 5.75. The number of amides is 2. The summed E-state index contributed by atoms with van der Waals surface area (Å²) in [7, 11) is 0. The van der Waals surface area contributed by atoms with Gasteiger partial charge in [0.1, 0.15) is 0 Å². The van der Waals surface area contributed by atoms with Gasteiger partial charge in [-0.1, -0.05) is 54.1 Å². The van der Waals surface area contributed by atoms with E-state index < -0.39 is 0 Å². The van der Waals surface area contributed by atoms with Crippen LogP contribution < -0.4 is 5.32 Å². The van der Waals surface area contributed by atoms with Crippen molar-refractivity contribution >= 4 is 6.03 Å². The van der Waals surface area contributed by atoms with Crippen LogP contribution in [0.1, 0.15) is 34.7 Å². The van der Waals surface area contributed by atoms with E-state index >= 15 is 0 Å². The Kier molecular flexibility index (Phi) is 5.16. The van der Waals surface area contributed by atoms with E-state index in [2.05, 4.69) is 17.4 Å². The Labute approximate surface area is 143 Å². The van der Waals surface area contributed by atoms with Crippen LogP contribution in [0.3, 0.4) is 0 Å². The molecule has 0 aliphatic heterocycles. The molecule has 24 heavy (non-hydrogen) atoms. The number of benzene rings is 2. The first kappa shape index (κ1) is 16.5. The summed E-state index contributed by atoms with van der Waals surface area (Å²) in [6, 6.07) is 16.3. The van der Waals surface area contributed by atoms with Gasteiger partial charge in [0, 0.05) is 13.1 Å². The molecule has 1 atom stereocenters. The van der Waals surface area contributed by atoms with Crippen molar-refractivity contribution in [2.45, 2.75) is 32.4 Å². The van der Waals surface area contributed by atoms with Gasteiger partial charge in [0.05, 0.1) is 12.6 Å². The van der Waals surface area contributed by atoms with Crippen LogP contribution in [-0.4, -0.2) is 29.2 Å². The first-order chi connectivity index (χ1) is 11.7. The maximum Gasteiger partial charge on any atom is 0.318 e. The molecular formula is C20H24N2O2. The summed E-state index contributed by atoms with van der Waals surface area (Å²) >= 11 is 0. The highest BCUT2D eigenvalue weighted by Crippen LogP contribution is 2.35. The Morgan fingerprint density at radius 2 is 1.96 bits per heavy atom. The molecule has 0 radical (unpaired) electrons. The van der Waals surface area contributed by atoms with E-state index in [0.717, 1.165) is 18.4 Å². The molecule has 0 saturated carbocycles. The van der Waals surface area contributed by atoms with Gasteiger partial charge in [0.15, 0.2) is 0 Å². The first-order valence-electron chi connectivity index (χ1n) is 8.47. The van der Waals surface area contributed by atoms with Gasteiger partial charge in [-0.2, -0.15) is 0 Å². The quantitative estimate of drug-likeness (QED) is 0.887. The number of carbonyl (C=O) groups is 1. The minimum atomic E-state index is -0.119. The third kappa shape index (κ3) is 3.60. The number of nitrogens with one attached hydrogen (secondary N) is 1. The number of carbonyl (C=O) groups excluding carboxylic acids is 1. The number of hydrogen-bond donors (Lipinski definition) is 2. The van der Waals surface area contributed by atoms with E-state index in [9.17, 15) is 9.90 Å². The third-order valence-corrected chi connectivity index (χ3v) is 4.64. The van der Waals surface area contributed by atoms with E-state index in [1.807, 2.05) is 43.3 Å². The van der Waals surface area contributed by atoms with Crippen LogP contribution >= 0.6 is 0 Å². The molecule has 0 aromatic heterocycles. The van der Waals surface area contributed by atoms with E-state index in [4.69, 9.17) is 0 Å². The maximum absolute atomic E-state index is 12.7. The molecule has 0 saturated heterocycles. The van der Waals surface area contributed by atoms with Crippen molar-refractivity contribution < 1.29 is 9.90 Å². The number of aryl methyl sites for hydroxylation is 2. The Morgan fingerprint density at radius 3 is 2.71 bits per heavy atom. The predicted molar refractivity (Wildman–Crippen MR) is 94.7 cm³/mol. The number of urea groups is 1. The van der Waals surface area contributed by atoms with Crippen LogP contribution in [0.15, 0.2) is 48.5 Å². The van der Waals surface area contributed by atoms with Crippen LogP contribution in [0.2, 0.25) is 0 Å². The lowest BCUT2D eigenvalue weighted by Crippen LogP contribution is -2.43. The van der Waals surface area contributed by atoms with Gasteiger partial charge in [-0.05, 0) is 36.5 Å². The number of hydrogen-bond acceptors (Lipinski definition) is 2. The zero-order valence-electron chi connectivity index (χ0n) is 14.0. The second kappa shape index (κ2) is 7.49. The standard InChI is InChI=1S/C20H24N2O2/c1-15-6-8-16(9-7-15)14-21-20(24)22(12-13-23)19-11-10-17-4-2-3-5-18(17)19/h2-9,19,23H,10-14H2,1H3,(H,21,24). The van der Waals surface area contributed by atoms with Gasteiger partial charge < -0.3 is 15.3 Å². The zero-order chi connectivity index (χ0) is 16.9. The summed E-state index contributed by atoms with van der Waals surface area (Å²) in [5.41, 5.74) is 4.78. The van der Waals surface area contributed by atoms with Crippen LogP contribution in [-0.2, 0) is 13.0 Å². The monoisotopic (exact) mass is 324 g/mol. The number of rotatable bonds is 5. The predicted octanol–water partition coefficient (Wildman–Crippen LogP) is 3.19. The van der Waals surface area contributed by atoms with E-state index in [1.165, 1.54) is 16.7 Å². The summed E-state index contributed by atoms with van der Waals surface area (Å²) in [6.07, 6.45) is 1.89. The largest absolute Gasteiger partial charge is 0.395 e. The van der Waals surface area contributed by atoms with Crippen LogP contribution in [0.4, 0.5) is 4.79 Å². The average Bonchev–Trinajstić information content (AvgIpc) is 3.03. The van der Waals surface area contributed by atoms with Gasteiger partial charge in [-0.25, -0.2) is 4.79 Å². The van der Waals surface area contributed by atoms with Crippen molar-refractivity contribution in [3.63, 3.8) is 0 Å². The topological polar surface area (TPSA) is 52.6 Å². The molecule has 126 valence electrons. The van der Waals surface area contributed by atoms with E-state index in [0.29, 0.717) is 13.1 Å². The Morgan fingerprint density at radius 1 is 1.21 bits per heavy atom. The van der Waals surface area contributed by atoms with Crippen LogP contribution in [0, 0.1) is 6.92 Å². The molecule has 1 unspecified atom stereocenters. The van der Waals surface area contributed by atoms with Crippen LogP contribution in [0.5, 0.6) is 0 Å².